The molecule has 7 heteroatoms. The zero-order chi connectivity index (χ0) is 21.5. The Hall–Kier alpha value is -3.06. The Morgan fingerprint density at radius 2 is 1.81 bits per heavy atom. The minimum Gasteiger partial charge on any atom is -0.508 e. The van der Waals surface area contributed by atoms with Crippen LogP contribution in [0.25, 0.3) is 10.8 Å². The number of phenols is 1. The Labute approximate surface area is 183 Å². The molecule has 0 spiro atoms. The number of nitrogens with zero attached hydrogens (tertiary/aromatic N) is 5. The van der Waals surface area contributed by atoms with Crippen molar-refractivity contribution in [1.82, 2.24) is 14.9 Å². The Balaban J connectivity index is 1.44. The molecule has 1 fully saturated rings. The summed E-state index contributed by atoms with van der Waals surface area (Å²) in [5, 5.41) is 12.4. The van der Waals surface area contributed by atoms with E-state index in [0.29, 0.717) is 18.4 Å². The number of hydrogen-bond donors (Lipinski definition) is 2. The molecule has 3 N–H and O–H groups in total. The minimum atomic E-state index is 0.283. The van der Waals surface area contributed by atoms with Gasteiger partial charge in [-0.3, -0.25) is 0 Å². The highest BCUT2D eigenvalue weighted by Crippen LogP contribution is 2.35. The zero-order valence-corrected chi connectivity index (χ0v) is 18.3. The molecule has 0 radical (unpaired) electrons. The quantitative estimate of drug-likeness (QED) is 0.677. The lowest BCUT2D eigenvalue weighted by atomic mass is 10.0. The lowest BCUT2D eigenvalue weighted by Gasteiger charge is -2.36. The molecule has 1 saturated heterocycles. The third-order valence-corrected chi connectivity index (χ3v) is 6.73. The van der Waals surface area contributed by atoms with Crippen molar-refractivity contribution in [3.63, 3.8) is 0 Å². The summed E-state index contributed by atoms with van der Waals surface area (Å²) in [6.45, 7) is 3.38. The molecule has 0 amide bonds. The van der Waals surface area contributed by atoms with Gasteiger partial charge in [-0.15, -0.1) is 0 Å². The Kier molecular flexibility index (Phi) is 5.06. The van der Waals surface area contributed by atoms with Crippen LogP contribution in [0.4, 0.5) is 17.5 Å². The predicted octanol–water partition coefficient (Wildman–Crippen LogP) is 3.01. The molecule has 2 aliphatic heterocycles. The number of anilines is 3. The first kappa shape index (κ1) is 19.9. The van der Waals surface area contributed by atoms with Crippen molar-refractivity contribution in [2.75, 3.05) is 49.3 Å². The molecular formula is C24H30N6O. The SMILES string of the molecule is CN(C)C1CCN(c2nc(N)c3c(n2)CN(c2cc(O)cc4ccccc24)CC3)CC1. The summed E-state index contributed by atoms with van der Waals surface area (Å²) >= 11 is 0. The molecule has 0 unspecified atom stereocenters. The maximum Gasteiger partial charge on any atom is 0.227 e. The summed E-state index contributed by atoms with van der Waals surface area (Å²) in [5.74, 6) is 1.64. The fourth-order valence-electron chi connectivity index (χ4n) is 4.91. The first-order valence-electron chi connectivity index (χ1n) is 11.0. The van der Waals surface area contributed by atoms with Crippen LogP contribution >= 0.6 is 0 Å². The van der Waals surface area contributed by atoms with Crippen molar-refractivity contribution >= 4 is 28.2 Å². The number of benzene rings is 2. The summed E-state index contributed by atoms with van der Waals surface area (Å²) < 4.78 is 0. The lowest BCUT2D eigenvalue weighted by Crippen LogP contribution is -2.43. The third kappa shape index (κ3) is 3.74. The van der Waals surface area contributed by atoms with Gasteiger partial charge in [0, 0.05) is 48.4 Å². The smallest absolute Gasteiger partial charge is 0.227 e. The number of nitrogens with two attached hydrogens (primary N) is 1. The molecule has 0 aliphatic carbocycles. The molecule has 1 aromatic heterocycles. The van der Waals surface area contributed by atoms with Crippen LogP contribution in [0, 0.1) is 0 Å². The normalized spacial score (nSPS) is 17.4. The van der Waals surface area contributed by atoms with Crippen molar-refractivity contribution in [2.45, 2.75) is 31.8 Å². The number of rotatable bonds is 3. The molecule has 5 rings (SSSR count). The third-order valence-electron chi connectivity index (χ3n) is 6.73. The van der Waals surface area contributed by atoms with E-state index in [1.54, 1.807) is 0 Å². The van der Waals surface area contributed by atoms with Gasteiger partial charge in [0.15, 0.2) is 0 Å². The highest BCUT2D eigenvalue weighted by atomic mass is 16.3. The number of nitrogen functional groups attached to an aromatic ring is 1. The van der Waals surface area contributed by atoms with Crippen LogP contribution in [0.5, 0.6) is 5.75 Å². The highest BCUT2D eigenvalue weighted by molar-refractivity contribution is 5.95. The zero-order valence-electron chi connectivity index (χ0n) is 18.3. The first-order chi connectivity index (χ1) is 15.0. The van der Waals surface area contributed by atoms with Crippen LogP contribution in [0.1, 0.15) is 24.1 Å². The molecule has 3 aromatic rings. The van der Waals surface area contributed by atoms with E-state index in [1.165, 1.54) is 0 Å². The molecule has 162 valence electrons. The van der Waals surface area contributed by atoms with Crippen LogP contribution in [0.2, 0.25) is 0 Å². The topological polar surface area (TPSA) is 81.8 Å². The summed E-state index contributed by atoms with van der Waals surface area (Å²) in [4.78, 5) is 16.5. The average Bonchev–Trinajstić information content (AvgIpc) is 2.78. The molecule has 0 bridgehead atoms. The van der Waals surface area contributed by atoms with E-state index >= 15 is 0 Å². The number of aromatic nitrogens is 2. The van der Waals surface area contributed by atoms with Gasteiger partial charge in [-0.2, -0.15) is 4.98 Å². The second-order valence-electron chi connectivity index (χ2n) is 8.87. The number of phenolic OH excluding ortho intramolecular Hbond substituents is 1. The second kappa shape index (κ2) is 7.89. The molecule has 0 atom stereocenters. The van der Waals surface area contributed by atoms with Crippen molar-refractivity contribution < 1.29 is 5.11 Å². The molecule has 0 saturated carbocycles. The maximum atomic E-state index is 10.3. The highest BCUT2D eigenvalue weighted by Gasteiger charge is 2.27. The molecule has 3 heterocycles. The summed E-state index contributed by atoms with van der Waals surface area (Å²) in [6.07, 6.45) is 3.01. The average molecular weight is 419 g/mol. The summed E-state index contributed by atoms with van der Waals surface area (Å²) in [5.41, 5.74) is 9.47. The van der Waals surface area contributed by atoms with Crippen LogP contribution in [-0.4, -0.2) is 59.7 Å². The van der Waals surface area contributed by atoms with Gasteiger partial charge in [0.05, 0.1) is 12.2 Å². The van der Waals surface area contributed by atoms with Crippen molar-refractivity contribution in [3.05, 3.63) is 47.7 Å². The van der Waals surface area contributed by atoms with Crippen molar-refractivity contribution in [1.29, 1.82) is 0 Å². The minimum absolute atomic E-state index is 0.283. The van der Waals surface area contributed by atoms with Gasteiger partial charge in [0.25, 0.3) is 0 Å². The molecule has 31 heavy (non-hydrogen) atoms. The molecule has 2 aromatic carbocycles. The van der Waals surface area contributed by atoms with E-state index in [2.05, 4.69) is 39.8 Å². The van der Waals surface area contributed by atoms with Crippen LogP contribution in [0.3, 0.4) is 0 Å². The van der Waals surface area contributed by atoms with Crippen molar-refractivity contribution in [2.24, 2.45) is 0 Å². The van der Waals surface area contributed by atoms with E-state index in [-0.39, 0.29) is 5.75 Å². The van der Waals surface area contributed by atoms with Gasteiger partial charge in [-0.25, -0.2) is 4.98 Å². The van der Waals surface area contributed by atoms with E-state index in [0.717, 1.165) is 72.6 Å². The van der Waals surface area contributed by atoms with E-state index in [1.807, 2.05) is 30.3 Å². The number of aromatic hydroxyl groups is 1. The maximum absolute atomic E-state index is 10.3. The Bertz CT molecular complexity index is 1110. The molecule has 2 aliphatic rings. The standard InChI is InChI=1S/C24H30N6O/c1-28(2)17-7-10-29(11-8-17)24-26-21-15-30(12-9-20(21)23(25)27-24)22-14-18(31)13-16-5-3-4-6-19(16)22/h3-6,13-14,17,31H,7-12,15H2,1-2H3,(H2,25,26,27). The van der Waals surface area contributed by atoms with Gasteiger partial charge >= 0.3 is 0 Å². The summed E-state index contributed by atoms with van der Waals surface area (Å²) in [6, 6.07) is 12.4. The largest absolute Gasteiger partial charge is 0.508 e. The fourth-order valence-corrected chi connectivity index (χ4v) is 4.91. The number of piperidine rings is 1. The van der Waals surface area contributed by atoms with Crippen LogP contribution < -0.4 is 15.5 Å². The van der Waals surface area contributed by atoms with Gasteiger partial charge in [-0.1, -0.05) is 24.3 Å². The number of hydrogen-bond acceptors (Lipinski definition) is 7. The second-order valence-corrected chi connectivity index (χ2v) is 8.87. The lowest BCUT2D eigenvalue weighted by molar-refractivity contribution is 0.249. The van der Waals surface area contributed by atoms with E-state index < -0.39 is 0 Å². The first-order valence-corrected chi connectivity index (χ1v) is 11.0. The molecule has 7 nitrogen and oxygen atoms in total. The Morgan fingerprint density at radius 3 is 2.58 bits per heavy atom. The van der Waals surface area contributed by atoms with Crippen LogP contribution in [-0.2, 0) is 13.0 Å². The summed E-state index contributed by atoms with van der Waals surface area (Å²) in [7, 11) is 4.29. The van der Waals surface area contributed by atoms with Crippen LogP contribution in [0.15, 0.2) is 36.4 Å². The van der Waals surface area contributed by atoms with Gasteiger partial charge in [-0.05, 0) is 44.8 Å². The Morgan fingerprint density at radius 1 is 1.03 bits per heavy atom. The van der Waals surface area contributed by atoms with E-state index in [9.17, 15) is 5.11 Å². The van der Waals surface area contributed by atoms with E-state index in [4.69, 9.17) is 10.7 Å². The molecular weight excluding hydrogens is 388 g/mol. The fraction of sp³-hybridized carbons (Fsp3) is 0.417. The van der Waals surface area contributed by atoms with Crippen molar-refractivity contribution in [3.8, 4) is 5.75 Å². The predicted molar refractivity (Wildman–Crippen MR) is 126 cm³/mol. The van der Waals surface area contributed by atoms with Gasteiger partial charge in [0.2, 0.25) is 5.95 Å². The van der Waals surface area contributed by atoms with Gasteiger partial charge in [0.1, 0.15) is 11.6 Å². The number of fused-ring (bicyclic) bond motifs is 2. The van der Waals surface area contributed by atoms with Gasteiger partial charge < -0.3 is 25.5 Å². The monoisotopic (exact) mass is 418 g/mol.